The number of carbonyl (C=O) groups excluding carboxylic acids is 1. The Bertz CT molecular complexity index is 771. The number of fused-ring (bicyclic) bond motifs is 9. The Hall–Kier alpha value is -1.07. The van der Waals surface area contributed by atoms with E-state index in [-0.39, 0.29) is 11.9 Å². The number of ether oxygens (including phenoxy) is 1. The lowest BCUT2D eigenvalue weighted by atomic mass is 9.85. The molecular formula is C17H18NO2S2+. The topological polar surface area (TPSA) is 30.2 Å². The van der Waals surface area contributed by atoms with Crippen molar-refractivity contribution in [2.45, 2.75) is 35.4 Å². The number of esters is 1. The van der Waals surface area contributed by atoms with E-state index in [1.54, 1.807) is 0 Å². The van der Waals surface area contributed by atoms with Gasteiger partial charge in [-0.2, -0.15) is 4.57 Å². The van der Waals surface area contributed by atoms with Gasteiger partial charge in [0.15, 0.2) is 6.04 Å². The van der Waals surface area contributed by atoms with Crippen molar-refractivity contribution in [2.24, 2.45) is 17.8 Å². The number of benzene rings is 1. The molecule has 114 valence electrons. The predicted octanol–water partition coefficient (Wildman–Crippen LogP) is 3.42. The predicted molar refractivity (Wildman–Crippen MR) is 87.0 cm³/mol. The molecule has 2 heterocycles. The second-order valence-electron chi connectivity index (χ2n) is 6.53. The lowest BCUT2D eigenvalue weighted by Gasteiger charge is -2.26. The maximum atomic E-state index is 12.2. The fraction of sp³-hybridized carbons (Fsp3) is 0.529. The monoisotopic (exact) mass is 332 g/mol. The minimum absolute atomic E-state index is 0.0409. The van der Waals surface area contributed by atoms with Gasteiger partial charge in [-0.25, -0.2) is 0 Å². The molecule has 0 amide bonds. The molecule has 2 saturated carbocycles. The van der Waals surface area contributed by atoms with E-state index < -0.39 is 0 Å². The molecule has 0 saturated heterocycles. The van der Waals surface area contributed by atoms with E-state index in [9.17, 15) is 4.79 Å². The molecule has 1 aromatic carbocycles. The first-order valence-corrected chi connectivity index (χ1v) is 9.74. The van der Waals surface area contributed by atoms with Crippen molar-refractivity contribution in [2.75, 3.05) is 6.61 Å². The summed E-state index contributed by atoms with van der Waals surface area (Å²) in [6.45, 7) is 2.40. The summed E-state index contributed by atoms with van der Waals surface area (Å²) in [5.41, 5.74) is 1.38. The minimum Gasteiger partial charge on any atom is -0.466 e. The number of carbonyl (C=O) groups is 1. The van der Waals surface area contributed by atoms with Crippen LogP contribution in [0.4, 0.5) is 0 Å². The summed E-state index contributed by atoms with van der Waals surface area (Å²) in [7, 11) is 0. The average Bonchev–Trinajstić information content (AvgIpc) is 3.23. The Balaban J connectivity index is 1.52. The summed E-state index contributed by atoms with van der Waals surface area (Å²) < 4.78 is 10.7. The van der Waals surface area contributed by atoms with Crippen LogP contribution in [0.15, 0.2) is 28.6 Å². The van der Waals surface area contributed by atoms with Gasteiger partial charge in [-0.15, -0.1) is 0 Å². The van der Waals surface area contributed by atoms with Crippen molar-refractivity contribution >= 4 is 39.3 Å². The number of thioether (sulfide) groups is 1. The summed E-state index contributed by atoms with van der Waals surface area (Å²) in [5.74, 6) is 1.32. The second-order valence-corrected chi connectivity index (χ2v) is 8.99. The van der Waals surface area contributed by atoms with Gasteiger partial charge in [-0.05, 0) is 43.5 Å². The van der Waals surface area contributed by atoms with Crippen LogP contribution < -0.4 is 4.57 Å². The van der Waals surface area contributed by atoms with Gasteiger partial charge in [-0.1, -0.05) is 23.5 Å². The standard InChI is InChI=1S/C17H18NO2S2/c1-2-20-16(19)11-8-9-7-10(11)15-14(9)18-12-5-3-4-6-13(12)21-17(18)22-15/h3-6,9-11,14-15H,2,7-8H2,1H3/q+1/t9-,10-,11+,14+,15+/m0/s1. The van der Waals surface area contributed by atoms with Crippen molar-refractivity contribution in [3.8, 4) is 0 Å². The average molecular weight is 332 g/mol. The Kier molecular flexibility index (Phi) is 2.87. The minimum atomic E-state index is 0.0409. The highest BCUT2D eigenvalue weighted by Crippen LogP contribution is 2.61. The van der Waals surface area contributed by atoms with E-state index in [1.165, 1.54) is 21.0 Å². The van der Waals surface area contributed by atoms with Crippen LogP contribution in [0.5, 0.6) is 0 Å². The van der Waals surface area contributed by atoms with Gasteiger partial charge < -0.3 is 4.74 Å². The van der Waals surface area contributed by atoms with Crippen LogP contribution >= 0.6 is 23.1 Å². The zero-order chi connectivity index (χ0) is 14.8. The van der Waals surface area contributed by atoms with Crippen LogP contribution in [0.2, 0.25) is 0 Å². The van der Waals surface area contributed by atoms with Crippen molar-refractivity contribution in [1.82, 2.24) is 0 Å². The highest BCUT2D eigenvalue weighted by molar-refractivity contribution is 8.01. The van der Waals surface area contributed by atoms with E-state index in [0.29, 0.717) is 29.7 Å². The second kappa shape index (κ2) is 4.71. The molecule has 3 aliphatic rings. The third kappa shape index (κ3) is 1.64. The molecule has 2 aromatic rings. The summed E-state index contributed by atoms with van der Waals surface area (Å²) in [6, 6.07) is 9.30. The van der Waals surface area contributed by atoms with Gasteiger partial charge in [0.05, 0.1) is 17.8 Å². The first-order valence-electron chi connectivity index (χ1n) is 8.04. The molecule has 0 unspecified atom stereocenters. The SMILES string of the molecule is CCOC(=O)[C@@H]1C[C@@H]2C[C@@H]1[C@H]1Sc3sc4ccccc4[n+]3[C@H]21. The van der Waals surface area contributed by atoms with Crippen LogP contribution in [-0.4, -0.2) is 17.8 Å². The zero-order valence-corrected chi connectivity index (χ0v) is 14.0. The van der Waals surface area contributed by atoms with Crippen LogP contribution in [-0.2, 0) is 9.53 Å². The summed E-state index contributed by atoms with van der Waals surface area (Å²) in [4.78, 5) is 12.2. The van der Waals surface area contributed by atoms with Crippen molar-refractivity contribution < 1.29 is 14.1 Å². The maximum Gasteiger partial charge on any atom is 0.309 e. The lowest BCUT2D eigenvalue weighted by Crippen LogP contribution is -2.45. The molecule has 0 radical (unpaired) electrons. The molecule has 0 N–H and O–H groups in total. The fourth-order valence-electron chi connectivity index (χ4n) is 4.77. The molecule has 5 heteroatoms. The highest BCUT2D eigenvalue weighted by Gasteiger charge is 2.64. The smallest absolute Gasteiger partial charge is 0.309 e. The Morgan fingerprint density at radius 3 is 3.09 bits per heavy atom. The van der Waals surface area contributed by atoms with Gasteiger partial charge >= 0.3 is 5.97 Å². The molecule has 0 spiro atoms. The van der Waals surface area contributed by atoms with E-state index in [2.05, 4.69) is 28.8 Å². The fourth-order valence-corrected chi connectivity index (χ4v) is 8.02. The number of thiazole rings is 1. The molecular weight excluding hydrogens is 314 g/mol. The molecule has 1 aliphatic heterocycles. The molecule has 5 rings (SSSR count). The number of rotatable bonds is 2. The molecule has 2 bridgehead atoms. The molecule has 2 fully saturated rings. The Morgan fingerprint density at radius 1 is 1.36 bits per heavy atom. The van der Waals surface area contributed by atoms with E-state index in [0.717, 1.165) is 6.42 Å². The Labute approximate surface area is 137 Å². The lowest BCUT2D eigenvalue weighted by molar-refractivity contribution is -0.726. The number of aromatic nitrogens is 1. The Morgan fingerprint density at radius 2 is 2.23 bits per heavy atom. The summed E-state index contributed by atoms with van der Waals surface area (Å²) in [6.07, 6.45) is 2.21. The quantitative estimate of drug-likeness (QED) is 0.623. The summed E-state index contributed by atoms with van der Waals surface area (Å²) >= 11 is 3.91. The van der Waals surface area contributed by atoms with Gasteiger partial charge in [0.2, 0.25) is 5.52 Å². The molecule has 1 aromatic heterocycles. The van der Waals surface area contributed by atoms with Gasteiger partial charge in [0.25, 0.3) is 4.34 Å². The number of nitrogens with zero attached hydrogens (tertiary/aromatic N) is 1. The first-order chi connectivity index (χ1) is 10.8. The summed E-state index contributed by atoms with van der Waals surface area (Å²) in [5, 5.41) is 0.573. The van der Waals surface area contributed by atoms with Gasteiger partial charge in [0, 0.05) is 12.0 Å². The van der Waals surface area contributed by atoms with Crippen LogP contribution in [0, 0.1) is 17.8 Å². The normalized spacial score (nSPS) is 34.9. The van der Waals surface area contributed by atoms with Crippen molar-refractivity contribution in [3.05, 3.63) is 24.3 Å². The number of hydrogen-bond donors (Lipinski definition) is 0. The molecule has 5 atom stereocenters. The van der Waals surface area contributed by atoms with Crippen molar-refractivity contribution in [3.63, 3.8) is 0 Å². The molecule has 22 heavy (non-hydrogen) atoms. The third-order valence-corrected chi connectivity index (χ3v) is 8.31. The zero-order valence-electron chi connectivity index (χ0n) is 12.4. The number of hydrogen-bond acceptors (Lipinski definition) is 4. The number of para-hydroxylation sites is 1. The van der Waals surface area contributed by atoms with E-state index in [1.807, 2.05) is 30.0 Å². The van der Waals surface area contributed by atoms with Crippen LogP contribution in [0.25, 0.3) is 10.2 Å². The molecule has 3 nitrogen and oxygen atoms in total. The van der Waals surface area contributed by atoms with Crippen LogP contribution in [0.1, 0.15) is 25.8 Å². The largest absolute Gasteiger partial charge is 0.466 e. The highest BCUT2D eigenvalue weighted by atomic mass is 32.2. The molecule has 2 aliphatic carbocycles. The van der Waals surface area contributed by atoms with E-state index in [4.69, 9.17) is 4.74 Å². The van der Waals surface area contributed by atoms with Gasteiger partial charge in [-0.3, -0.25) is 4.79 Å². The van der Waals surface area contributed by atoms with E-state index >= 15 is 0 Å². The maximum absolute atomic E-state index is 12.2. The first kappa shape index (κ1) is 13.4. The van der Waals surface area contributed by atoms with Crippen molar-refractivity contribution in [1.29, 1.82) is 0 Å². The van der Waals surface area contributed by atoms with Gasteiger partial charge in [0.1, 0.15) is 4.70 Å². The van der Waals surface area contributed by atoms with Crippen LogP contribution in [0.3, 0.4) is 0 Å². The third-order valence-electron chi connectivity index (χ3n) is 5.53.